The van der Waals surface area contributed by atoms with Gasteiger partial charge in [-0.3, -0.25) is 4.79 Å². The van der Waals surface area contributed by atoms with Crippen LogP contribution in [-0.4, -0.2) is 29.1 Å². The molecule has 2 atom stereocenters. The van der Waals surface area contributed by atoms with Crippen molar-refractivity contribution in [3.05, 3.63) is 28.6 Å². The maximum Gasteiger partial charge on any atom is 0.349 e. The summed E-state index contributed by atoms with van der Waals surface area (Å²) >= 11 is 0. The zero-order chi connectivity index (χ0) is 20.7. The minimum atomic E-state index is -0.769. The van der Waals surface area contributed by atoms with Gasteiger partial charge in [-0.15, -0.1) is 0 Å². The Labute approximate surface area is 167 Å². The molecule has 1 aromatic rings. The van der Waals surface area contributed by atoms with Gasteiger partial charge in [-0.2, -0.15) is 5.26 Å². The molecule has 0 saturated heterocycles. The summed E-state index contributed by atoms with van der Waals surface area (Å²) < 4.78 is 7.24. The fourth-order valence-corrected chi connectivity index (χ4v) is 3.82. The molecule has 1 amide bonds. The smallest absolute Gasteiger partial charge is 0.349 e. The number of rotatable bonds is 7. The maximum absolute atomic E-state index is 12.3. The molecule has 2 rings (SSSR count). The number of hydrogen-bond donors (Lipinski definition) is 1. The molecule has 1 aromatic heterocycles. The monoisotopic (exact) mass is 385 g/mol. The lowest BCUT2D eigenvalue weighted by Gasteiger charge is -2.29. The first-order chi connectivity index (χ1) is 13.4. The van der Waals surface area contributed by atoms with Crippen LogP contribution in [0.4, 0.5) is 0 Å². The van der Waals surface area contributed by atoms with E-state index in [0.717, 1.165) is 49.2 Å². The van der Waals surface area contributed by atoms with E-state index >= 15 is 0 Å². The molecule has 0 spiro atoms. The summed E-state index contributed by atoms with van der Waals surface area (Å²) in [4.78, 5) is 24.4. The second-order valence-electron chi connectivity index (χ2n) is 7.66. The van der Waals surface area contributed by atoms with Crippen molar-refractivity contribution in [1.29, 1.82) is 5.26 Å². The van der Waals surface area contributed by atoms with E-state index in [4.69, 9.17) is 4.74 Å². The Bertz CT molecular complexity index is 786. The van der Waals surface area contributed by atoms with E-state index < -0.39 is 5.97 Å². The Kier molecular flexibility index (Phi) is 7.86. The third kappa shape index (κ3) is 5.48. The van der Waals surface area contributed by atoms with Crippen molar-refractivity contribution in [1.82, 2.24) is 9.88 Å². The van der Waals surface area contributed by atoms with Crippen LogP contribution in [0.3, 0.4) is 0 Å². The number of aryl methyl sites for hydroxylation is 1. The van der Waals surface area contributed by atoms with E-state index in [1.54, 1.807) is 0 Å². The van der Waals surface area contributed by atoms with Crippen LogP contribution in [0.1, 0.15) is 62.9 Å². The van der Waals surface area contributed by atoms with Crippen molar-refractivity contribution in [2.45, 2.75) is 72.4 Å². The third-order valence-corrected chi connectivity index (χ3v) is 5.49. The summed E-state index contributed by atoms with van der Waals surface area (Å²) in [5, 5.41) is 12.3. The second kappa shape index (κ2) is 10.1. The van der Waals surface area contributed by atoms with Gasteiger partial charge in [0.05, 0.1) is 0 Å². The molecule has 0 bridgehead atoms. The molecular weight excluding hydrogens is 354 g/mol. The molecule has 152 valence electrons. The number of carbonyl (C=O) groups is 2. The highest BCUT2D eigenvalue weighted by Crippen LogP contribution is 2.23. The number of ether oxygens (including phenoxy) is 1. The number of esters is 1. The molecule has 0 radical (unpaired) electrons. The summed E-state index contributed by atoms with van der Waals surface area (Å²) in [6.45, 7) is 8.72. The van der Waals surface area contributed by atoms with Crippen LogP contribution in [0.15, 0.2) is 11.6 Å². The molecule has 1 heterocycles. The second-order valence-corrected chi connectivity index (χ2v) is 7.66. The summed E-state index contributed by atoms with van der Waals surface area (Å²) in [5.74, 6) is -0.651. The van der Waals surface area contributed by atoms with E-state index in [9.17, 15) is 14.9 Å². The molecule has 0 aromatic carbocycles. The average molecular weight is 386 g/mol. The molecule has 2 unspecified atom stereocenters. The summed E-state index contributed by atoms with van der Waals surface area (Å²) in [5.41, 5.74) is 2.80. The van der Waals surface area contributed by atoms with Gasteiger partial charge in [0, 0.05) is 24.0 Å². The minimum absolute atomic E-state index is 0.101. The van der Waals surface area contributed by atoms with Gasteiger partial charge in [-0.25, -0.2) is 4.79 Å². The van der Waals surface area contributed by atoms with Crippen LogP contribution in [-0.2, 0) is 20.9 Å². The van der Waals surface area contributed by atoms with E-state index in [0.29, 0.717) is 5.92 Å². The molecule has 6 nitrogen and oxygen atoms in total. The van der Waals surface area contributed by atoms with Crippen LogP contribution in [0.25, 0.3) is 6.08 Å². The molecule has 28 heavy (non-hydrogen) atoms. The third-order valence-electron chi connectivity index (χ3n) is 5.49. The Hall–Kier alpha value is -2.55. The molecule has 1 aliphatic carbocycles. The highest BCUT2D eigenvalue weighted by atomic mass is 16.5. The number of aromatic nitrogens is 1. The number of carbonyl (C=O) groups excluding carboxylic acids is 2. The van der Waals surface area contributed by atoms with Crippen molar-refractivity contribution < 1.29 is 14.3 Å². The topological polar surface area (TPSA) is 84.1 Å². The fourth-order valence-electron chi connectivity index (χ4n) is 3.82. The molecular formula is C22H31N3O3. The Morgan fingerprint density at radius 2 is 2.07 bits per heavy atom. The van der Waals surface area contributed by atoms with Crippen molar-refractivity contribution in [2.24, 2.45) is 5.92 Å². The van der Waals surface area contributed by atoms with Gasteiger partial charge < -0.3 is 14.6 Å². The summed E-state index contributed by atoms with van der Waals surface area (Å²) in [6, 6.07) is 3.98. The van der Waals surface area contributed by atoms with Crippen molar-refractivity contribution in [2.75, 3.05) is 6.61 Å². The number of amides is 1. The minimum Gasteiger partial charge on any atom is -0.451 e. The molecule has 1 aliphatic rings. The van der Waals surface area contributed by atoms with Gasteiger partial charge in [-0.1, -0.05) is 26.7 Å². The molecule has 6 heteroatoms. The quantitative estimate of drug-likeness (QED) is 0.441. The van der Waals surface area contributed by atoms with E-state index in [1.807, 2.05) is 26.0 Å². The van der Waals surface area contributed by atoms with Crippen LogP contribution >= 0.6 is 0 Å². The normalized spacial score (nSPS) is 19.8. The maximum atomic E-state index is 12.3. The zero-order valence-corrected chi connectivity index (χ0v) is 17.4. The molecule has 1 saturated carbocycles. The predicted molar refractivity (Wildman–Crippen MR) is 108 cm³/mol. The number of nitriles is 1. The first kappa shape index (κ1) is 21.7. The van der Waals surface area contributed by atoms with E-state index in [2.05, 4.69) is 23.7 Å². The standard InChI is InChI=1S/C22H31N3O3/c1-5-10-25-16(3)11-18(17(25)4)12-19(13-23)22(27)28-14-21(26)24-20-9-7-6-8-15(20)2/h11-12,15,20H,5-10,14H2,1-4H3,(H,24,26)/b19-12+. The Balaban J connectivity index is 1.98. The van der Waals surface area contributed by atoms with E-state index in [-0.39, 0.29) is 24.1 Å². The lowest BCUT2D eigenvalue weighted by Crippen LogP contribution is -2.42. The lowest BCUT2D eigenvalue weighted by molar-refractivity contribution is -0.144. The van der Waals surface area contributed by atoms with Gasteiger partial charge >= 0.3 is 5.97 Å². The number of hydrogen-bond acceptors (Lipinski definition) is 4. The largest absolute Gasteiger partial charge is 0.451 e. The van der Waals surface area contributed by atoms with Crippen LogP contribution in [0.5, 0.6) is 0 Å². The van der Waals surface area contributed by atoms with Gasteiger partial charge in [0.1, 0.15) is 11.6 Å². The predicted octanol–water partition coefficient (Wildman–Crippen LogP) is 3.66. The Morgan fingerprint density at radius 3 is 2.71 bits per heavy atom. The van der Waals surface area contributed by atoms with Crippen molar-refractivity contribution >= 4 is 18.0 Å². The molecule has 0 aliphatic heterocycles. The lowest BCUT2D eigenvalue weighted by atomic mass is 9.86. The van der Waals surface area contributed by atoms with Crippen molar-refractivity contribution in [3.8, 4) is 6.07 Å². The summed E-state index contributed by atoms with van der Waals surface area (Å²) in [7, 11) is 0. The first-order valence-corrected chi connectivity index (χ1v) is 10.1. The number of nitrogens with one attached hydrogen (secondary N) is 1. The number of nitrogens with zero attached hydrogens (tertiary/aromatic N) is 2. The van der Waals surface area contributed by atoms with Gasteiger partial charge in [0.25, 0.3) is 5.91 Å². The SMILES string of the molecule is CCCn1c(C)cc(/C=C(\C#N)C(=O)OCC(=O)NC2CCCCC2C)c1C. The van der Waals surface area contributed by atoms with E-state index in [1.165, 1.54) is 12.5 Å². The van der Waals surface area contributed by atoms with Crippen molar-refractivity contribution in [3.63, 3.8) is 0 Å². The van der Waals surface area contributed by atoms with Gasteiger partial charge in [0.15, 0.2) is 6.61 Å². The van der Waals surface area contributed by atoms with Crippen LogP contribution in [0, 0.1) is 31.1 Å². The van der Waals surface area contributed by atoms with Crippen LogP contribution < -0.4 is 5.32 Å². The highest BCUT2D eigenvalue weighted by molar-refractivity contribution is 5.99. The molecule has 1 fully saturated rings. The zero-order valence-electron chi connectivity index (χ0n) is 17.4. The van der Waals surface area contributed by atoms with Gasteiger partial charge in [0.2, 0.25) is 0 Å². The highest BCUT2D eigenvalue weighted by Gasteiger charge is 2.23. The first-order valence-electron chi connectivity index (χ1n) is 10.1. The Morgan fingerprint density at radius 1 is 1.36 bits per heavy atom. The fraction of sp³-hybridized carbons (Fsp3) is 0.591. The molecule has 1 N–H and O–H groups in total. The van der Waals surface area contributed by atoms with Gasteiger partial charge in [-0.05, 0) is 56.7 Å². The summed E-state index contributed by atoms with van der Waals surface area (Å²) in [6.07, 6.45) is 6.89. The average Bonchev–Trinajstić information content (AvgIpc) is 2.93. The van der Waals surface area contributed by atoms with Crippen LogP contribution in [0.2, 0.25) is 0 Å².